The molecular weight excluding hydrogens is 521 g/mol. The van der Waals surface area contributed by atoms with Crippen molar-refractivity contribution >= 4 is 29.1 Å². The number of halogens is 1. The molecule has 4 N–H and O–H groups in total. The van der Waals surface area contributed by atoms with Crippen LogP contribution in [0.5, 0.6) is 5.75 Å². The zero-order valence-corrected chi connectivity index (χ0v) is 22.4. The van der Waals surface area contributed by atoms with Gasteiger partial charge in [-0.1, -0.05) is 42.5 Å². The SMILES string of the molecule is Cc1c(O)cccc1C(=O)NC(Cc1ccccc1)C(O)C(=O)N1CC(F)CC1C(=O)NCCc1cccs1. The fourth-order valence-corrected chi connectivity index (χ4v) is 5.43. The second kappa shape index (κ2) is 12.9. The molecular formula is C29H32FN3O5S. The molecule has 0 radical (unpaired) electrons. The zero-order chi connectivity index (χ0) is 27.9. The van der Waals surface area contributed by atoms with Crippen LogP contribution in [0.1, 0.15) is 32.8 Å². The Kier molecular flexibility index (Phi) is 9.32. The number of phenolic OH excluding ortho intramolecular Hbond substituents is 1. The van der Waals surface area contributed by atoms with Crippen LogP contribution < -0.4 is 10.6 Å². The lowest BCUT2D eigenvalue weighted by Gasteiger charge is -2.30. The summed E-state index contributed by atoms with van der Waals surface area (Å²) in [6.07, 6.45) is -2.58. The summed E-state index contributed by atoms with van der Waals surface area (Å²) in [7, 11) is 0. The molecule has 206 valence electrons. The van der Waals surface area contributed by atoms with E-state index in [2.05, 4.69) is 10.6 Å². The number of carbonyl (C=O) groups is 3. The summed E-state index contributed by atoms with van der Waals surface area (Å²) in [6, 6.07) is 15.3. The molecule has 10 heteroatoms. The lowest BCUT2D eigenvalue weighted by Crippen LogP contribution is -2.56. The van der Waals surface area contributed by atoms with E-state index in [-0.39, 0.29) is 30.7 Å². The van der Waals surface area contributed by atoms with E-state index in [0.29, 0.717) is 18.5 Å². The van der Waals surface area contributed by atoms with Crippen molar-refractivity contribution in [1.29, 1.82) is 0 Å². The predicted molar refractivity (Wildman–Crippen MR) is 146 cm³/mol. The van der Waals surface area contributed by atoms with Gasteiger partial charge in [0.15, 0.2) is 6.10 Å². The number of aliphatic hydroxyl groups excluding tert-OH is 1. The minimum atomic E-state index is -1.74. The Morgan fingerprint density at radius 3 is 2.59 bits per heavy atom. The van der Waals surface area contributed by atoms with E-state index in [1.54, 1.807) is 42.5 Å². The van der Waals surface area contributed by atoms with Crippen LogP contribution in [0.2, 0.25) is 0 Å². The van der Waals surface area contributed by atoms with Crippen LogP contribution in [0.3, 0.4) is 0 Å². The number of likely N-dealkylation sites (tertiary alicyclic amines) is 1. The van der Waals surface area contributed by atoms with Gasteiger partial charge in [-0.05, 0) is 48.9 Å². The Bertz CT molecular complexity index is 1290. The van der Waals surface area contributed by atoms with Crippen molar-refractivity contribution in [2.45, 2.75) is 50.5 Å². The minimum Gasteiger partial charge on any atom is -0.508 e. The number of phenols is 1. The maximum Gasteiger partial charge on any atom is 0.254 e. The van der Waals surface area contributed by atoms with Crippen LogP contribution >= 0.6 is 11.3 Å². The van der Waals surface area contributed by atoms with Crippen LogP contribution in [-0.4, -0.2) is 70.3 Å². The maximum atomic E-state index is 14.5. The average Bonchev–Trinajstić information content (AvgIpc) is 3.59. The summed E-state index contributed by atoms with van der Waals surface area (Å²) >= 11 is 1.57. The van der Waals surface area contributed by atoms with Gasteiger partial charge in [0.1, 0.15) is 18.0 Å². The van der Waals surface area contributed by atoms with Crippen LogP contribution in [0, 0.1) is 6.92 Å². The molecule has 2 heterocycles. The smallest absolute Gasteiger partial charge is 0.254 e. The minimum absolute atomic E-state index is 0.0575. The number of nitrogens with one attached hydrogen (secondary N) is 2. The second-order valence-corrected chi connectivity index (χ2v) is 10.7. The lowest BCUT2D eigenvalue weighted by atomic mass is 9.98. The summed E-state index contributed by atoms with van der Waals surface area (Å²) < 4.78 is 14.5. The van der Waals surface area contributed by atoms with Crippen LogP contribution in [0.15, 0.2) is 66.0 Å². The third kappa shape index (κ3) is 7.01. The van der Waals surface area contributed by atoms with E-state index < -0.39 is 42.1 Å². The van der Waals surface area contributed by atoms with Gasteiger partial charge in [-0.15, -0.1) is 11.3 Å². The second-order valence-electron chi connectivity index (χ2n) is 9.62. The van der Waals surface area contributed by atoms with E-state index in [9.17, 15) is 29.0 Å². The highest BCUT2D eigenvalue weighted by molar-refractivity contribution is 7.09. The lowest BCUT2D eigenvalue weighted by molar-refractivity contribution is -0.146. The van der Waals surface area contributed by atoms with E-state index in [1.807, 2.05) is 23.6 Å². The molecule has 1 saturated heterocycles. The monoisotopic (exact) mass is 553 g/mol. The van der Waals surface area contributed by atoms with E-state index in [1.165, 1.54) is 18.2 Å². The Hall–Kier alpha value is -3.76. The molecule has 0 aliphatic carbocycles. The number of carbonyl (C=O) groups excluding carboxylic acids is 3. The van der Waals surface area contributed by atoms with E-state index in [4.69, 9.17) is 0 Å². The Morgan fingerprint density at radius 2 is 1.87 bits per heavy atom. The molecule has 1 aliphatic heterocycles. The molecule has 0 bridgehead atoms. The highest BCUT2D eigenvalue weighted by atomic mass is 32.1. The summed E-state index contributed by atoms with van der Waals surface area (Å²) in [6.45, 7) is 1.61. The first kappa shape index (κ1) is 28.3. The van der Waals surface area contributed by atoms with Gasteiger partial charge in [0, 0.05) is 29.0 Å². The fraction of sp³-hybridized carbons (Fsp3) is 0.345. The van der Waals surface area contributed by atoms with Gasteiger partial charge in [-0.2, -0.15) is 0 Å². The van der Waals surface area contributed by atoms with Gasteiger partial charge >= 0.3 is 0 Å². The average molecular weight is 554 g/mol. The highest BCUT2D eigenvalue weighted by Crippen LogP contribution is 2.24. The number of alkyl halides is 1. The van der Waals surface area contributed by atoms with Gasteiger partial charge < -0.3 is 25.7 Å². The van der Waals surface area contributed by atoms with E-state index in [0.717, 1.165) is 15.3 Å². The normalized spacial score (nSPS) is 18.4. The molecule has 0 saturated carbocycles. The zero-order valence-electron chi connectivity index (χ0n) is 21.5. The molecule has 3 aromatic rings. The quantitative estimate of drug-likeness (QED) is 0.308. The van der Waals surface area contributed by atoms with Gasteiger partial charge in [-0.25, -0.2) is 4.39 Å². The number of hydrogen-bond acceptors (Lipinski definition) is 6. The van der Waals surface area contributed by atoms with Crippen molar-refractivity contribution in [2.24, 2.45) is 0 Å². The molecule has 1 fully saturated rings. The summed E-state index contributed by atoms with van der Waals surface area (Å²) in [5.74, 6) is -1.95. The van der Waals surface area contributed by atoms with Crippen molar-refractivity contribution in [3.8, 4) is 5.75 Å². The van der Waals surface area contributed by atoms with Gasteiger partial charge in [0.25, 0.3) is 11.8 Å². The Balaban J connectivity index is 1.49. The molecule has 1 aromatic heterocycles. The van der Waals surface area contributed by atoms with Crippen molar-refractivity contribution in [1.82, 2.24) is 15.5 Å². The molecule has 1 aliphatic rings. The molecule has 4 rings (SSSR count). The van der Waals surface area contributed by atoms with Crippen molar-refractivity contribution < 1.29 is 29.0 Å². The number of thiophene rings is 1. The first-order valence-corrected chi connectivity index (χ1v) is 13.7. The molecule has 4 atom stereocenters. The Labute approximate surface area is 230 Å². The highest BCUT2D eigenvalue weighted by Gasteiger charge is 2.43. The standard InChI is InChI=1S/C29H32FN3O5S/c1-18-22(10-5-11-25(18)34)27(36)32-23(15-19-7-3-2-4-8-19)26(35)29(38)33-17-20(30)16-24(33)28(37)31-13-12-21-9-6-14-39-21/h2-11,14,20,23-24,26,34-35H,12-13,15-17H2,1H3,(H,31,37)(H,32,36). The molecule has 8 nitrogen and oxygen atoms in total. The predicted octanol–water partition coefficient (Wildman–Crippen LogP) is 2.76. The molecule has 2 aromatic carbocycles. The van der Waals surface area contributed by atoms with Crippen molar-refractivity contribution in [3.63, 3.8) is 0 Å². The Morgan fingerprint density at radius 1 is 1.10 bits per heavy atom. The molecule has 4 unspecified atom stereocenters. The summed E-state index contributed by atoms with van der Waals surface area (Å²) in [5, 5.41) is 28.6. The number of aromatic hydroxyl groups is 1. The number of rotatable bonds is 10. The van der Waals surface area contributed by atoms with Gasteiger partial charge in [0.2, 0.25) is 5.91 Å². The van der Waals surface area contributed by atoms with Crippen molar-refractivity contribution in [3.05, 3.63) is 87.6 Å². The number of amides is 3. The maximum absolute atomic E-state index is 14.5. The number of benzene rings is 2. The summed E-state index contributed by atoms with van der Waals surface area (Å²) in [4.78, 5) is 41.7. The largest absolute Gasteiger partial charge is 0.508 e. The third-order valence-electron chi connectivity index (χ3n) is 6.89. The summed E-state index contributed by atoms with van der Waals surface area (Å²) in [5.41, 5.74) is 1.31. The number of nitrogens with zero attached hydrogens (tertiary/aromatic N) is 1. The van der Waals surface area contributed by atoms with Crippen LogP contribution in [0.4, 0.5) is 4.39 Å². The number of hydrogen-bond donors (Lipinski definition) is 4. The molecule has 3 amide bonds. The molecule has 0 spiro atoms. The fourth-order valence-electron chi connectivity index (χ4n) is 4.73. The van der Waals surface area contributed by atoms with Crippen LogP contribution in [0.25, 0.3) is 0 Å². The van der Waals surface area contributed by atoms with E-state index >= 15 is 0 Å². The third-order valence-corrected chi connectivity index (χ3v) is 7.82. The van der Waals surface area contributed by atoms with Gasteiger partial charge in [0.05, 0.1) is 12.6 Å². The topological polar surface area (TPSA) is 119 Å². The van der Waals surface area contributed by atoms with Gasteiger partial charge in [-0.3, -0.25) is 14.4 Å². The molecule has 39 heavy (non-hydrogen) atoms. The first-order valence-electron chi connectivity index (χ1n) is 12.8. The first-order chi connectivity index (χ1) is 18.7. The number of aliphatic hydroxyl groups is 1. The van der Waals surface area contributed by atoms with Crippen LogP contribution in [-0.2, 0) is 22.4 Å². The van der Waals surface area contributed by atoms with Crippen molar-refractivity contribution in [2.75, 3.05) is 13.1 Å².